The van der Waals surface area contributed by atoms with Crippen LogP contribution in [0.15, 0.2) is 17.0 Å². The molecule has 0 saturated carbocycles. The van der Waals surface area contributed by atoms with Gasteiger partial charge in [0.1, 0.15) is 30.2 Å². The largest absolute Gasteiger partial charge is 0.458 e. The molecule has 12 heteroatoms. The average molecular weight is 346 g/mol. The van der Waals surface area contributed by atoms with Crippen LogP contribution in [0.25, 0.3) is 11.1 Å². The third kappa shape index (κ3) is 2.54. The van der Waals surface area contributed by atoms with Gasteiger partial charge in [0.2, 0.25) is 0 Å². The Kier molecular flexibility index (Phi) is 3.74. The molecule has 3 heterocycles. The third-order valence-corrected chi connectivity index (χ3v) is 4.61. The van der Waals surface area contributed by atoms with Gasteiger partial charge in [0.15, 0.2) is 17.6 Å². The SMILES string of the molecule is CN(C1OC(c2coc3c(N)ncnc23)C(O)C1O)S(=O)(=O)O. The zero-order chi connectivity index (χ0) is 16.9. The van der Waals surface area contributed by atoms with Crippen molar-refractivity contribution in [2.75, 3.05) is 12.8 Å². The van der Waals surface area contributed by atoms with Gasteiger partial charge >= 0.3 is 10.3 Å². The molecule has 1 aliphatic rings. The Labute approximate surface area is 130 Å². The zero-order valence-corrected chi connectivity index (χ0v) is 12.6. The molecule has 2 aromatic rings. The van der Waals surface area contributed by atoms with Gasteiger partial charge in [-0.3, -0.25) is 4.55 Å². The summed E-state index contributed by atoms with van der Waals surface area (Å²) in [5.41, 5.74) is 6.36. The molecule has 0 aromatic carbocycles. The van der Waals surface area contributed by atoms with Crippen molar-refractivity contribution in [3.63, 3.8) is 0 Å². The number of hydrogen-bond acceptors (Lipinski definition) is 9. The lowest BCUT2D eigenvalue weighted by Crippen LogP contribution is -2.44. The predicted molar refractivity (Wildman–Crippen MR) is 75.2 cm³/mol. The minimum absolute atomic E-state index is 0.0842. The van der Waals surface area contributed by atoms with Crippen LogP contribution < -0.4 is 5.73 Å². The molecule has 0 radical (unpaired) electrons. The maximum atomic E-state index is 11.2. The van der Waals surface area contributed by atoms with Crippen molar-refractivity contribution in [3.8, 4) is 0 Å². The van der Waals surface area contributed by atoms with Crippen molar-refractivity contribution in [1.82, 2.24) is 14.3 Å². The topological polar surface area (TPSA) is 172 Å². The fraction of sp³-hybridized carbons (Fsp3) is 0.455. The summed E-state index contributed by atoms with van der Waals surface area (Å²) >= 11 is 0. The molecule has 0 amide bonds. The fourth-order valence-electron chi connectivity index (χ4n) is 2.44. The number of aliphatic hydroxyl groups is 2. The highest BCUT2D eigenvalue weighted by Gasteiger charge is 2.48. The normalized spacial score (nSPS) is 28.7. The summed E-state index contributed by atoms with van der Waals surface area (Å²) in [6, 6.07) is 0. The first-order chi connectivity index (χ1) is 10.7. The van der Waals surface area contributed by atoms with E-state index in [4.69, 9.17) is 19.4 Å². The highest BCUT2D eigenvalue weighted by atomic mass is 32.2. The summed E-state index contributed by atoms with van der Waals surface area (Å²) in [6.45, 7) is 0. The number of ether oxygens (including phenoxy) is 1. The minimum atomic E-state index is -4.62. The summed E-state index contributed by atoms with van der Waals surface area (Å²) in [5, 5.41) is 20.2. The Morgan fingerprint density at radius 3 is 2.65 bits per heavy atom. The molecule has 2 aromatic heterocycles. The summed E-state index contributed by atoms with van der Waals surface area (Å²) < 4.78 is 42.4. The van der Waals surface area contributed by atoms with Gasteiger partial charge in [0.25, 0.3) is 0 Å². The fourth-order valence-corrected chi connectivity index (χ4v) is 2.87. The van der Waals surface area contributed by atoms with Gasteiger partial charge in [0, 0.05) is 12.6 Å². The van der Waals surface area contributed by atoms with E-state index in [1.165, 1.54) is 12.6 Å². The van der Waals surface area contributed by atoms with Crippen molar-refractivity contribution < 1.29 is 32.3 Å². The first kappa shape index (κ1) is 16.0. The zero-order valence-electron chi connectivity index (χ0n) is 11.8. The number of aliphatic hydroxyl groups excluding tert-OH is 2. The Hall–Kier alpha value is -1.83. The molecule has 4 atom stereocenters. The quantitative estimate of drug-likeness (QED) is 0.487. The lowest BCUT2D eigenvalue weighted by molar-refractivity contribution is -0.0494. The van der Waals surface area contributed by atoms with Crippen LogP contribution in [0.4, 0.5) is 5.82 Å². The number of furan rings is 1. The Morgan fingerprint density at radius 2 is 2.00 bits per heavy atom. The summed E-state index contributed by atoms with van der Waals surface area (Å²) in [4.78, 5) is 7.74. The molecular weight excluding hydrogens is 332 g/mol. The van der Waals surface area contributed by atoms with E-state index in [9.17, 15) is 18.6 Å². The number of nitrogen functional groups attached to an aromatic ring is 1. The predicted octanol–water partition coefficient (Wildman–Crippen LogP) is -1.34. The van der Waals surface area contributed by atoms with Gasteiger partial charge in [-0.1, -0.05) is 0 Å². The van der Waals surface area contributed by atoms with Crippen LogP contribution in [0.5, 0.6) is 0 Å². The van der Waals surface area contributed by atoms with E-state index in [1.54, 1.807) is 0 Å². The van der Waals surface area contributed by atoms with E-state index < -0.39 is 34.8 Å². The molecule has 3 rings (SSSR count). The average Bonchev–Trinajstić information content (AvgIpc) is 3.02. The summed E-state index contributed by atoms with van der Waals surface area (Å²) in [5.74, 6) is 0.0842. The van der Waals surface area contributed by atoms with Gasteiger partial charge < -0.3 is 25.1 Å². The smallest absolute Gasteiger partial charge is 0.337 e. The van der Waals surface area contributed by atoms with E-state index in [-0.39, 0.29) is 22.5 Å². The van der Waals surface area contributed by atoms with Crippen LogP contribution in [0, 0.1) is 0 Å². The van der Waals surface area contributed by atoms with Gasteiger partial charge in [-0.15, -0.1) is 0 Å². The van der Waals surface area contributed by atoms with Gasteiger partial charge in [0.05, 0.1) is 6.26 Å². The number of likely N-dealkylation sites (N-methyl/N-ethyl adjacent to an activating group) is 1. The second kappa shape index (κ2) is 5.36. The molecule has 0 aliphatic carbocycles. The van der Waals surface area contributed by atoms with E-state index in [2.05, 4.69) is 9.97 Å². The Morgan fingerprint density at radius 1 is 1.30 bits per heavy atom. The Bertz CT molecular complexity index is 838. The highest BCUT2D eigenvalue weighted by molar-refractivity contribution is 7.83. The van der Waals surface area contributed by atoms with Crippen LogP contribution >= 0.6 is 0 Å². The van der Waals surface area contributed by atoms with Crippen LogP contribution in [-0.2, 0) is 15.0 Å². The standard InChI is InChI=1S/C11H14N4O7S/c1-15(23(18,19)20)11-7(17)6(16)8(22-11)4-2-21-9-5(4)13-3-14-10(9)12/h2-3,6-8,11,16-17H,1H3,(H2,12,13,14)(H,18,19,20). The van der Waals surface area contributed by atoms with Crippen molar-refractivity contribution in [3.05, 3.63) is 18.2 Å². The first-order valence-electron chi connectivity index (χ1n) is 6.41. The third-order valence-electron chi connectivity index (χ3n) is 3.68. The molecule has 1 aliphatic heterocycles. The second-order valence-corrected chi connectivity index (χ2v) is 6.52. The molecule has 5 N–H and O–H groups in total. The van der Waals surface area contributed by atoms with E-state index >= 15 is 0 Å². The van der Waals surface area contributed by atoms with Crippen LogP contribution in [0.3, 0.4) is 0 Å². The number of anilines is 1. The van der Waals surface area contributed by atoms with Crippen molar-refractivity contribution in [1.29, 1.82) is 0 Å². The molecule has 1 fully saturated rings. The maximum absolute atomic E-state index is 11.2. The number of aromatic nitrogens is 2. The summed E-state index contributed by atoms with van der Waals surface area (Å²) in [6.07, 6.45) is -3.25. The van der Waals surface area contributed by atoms with Gasteiger partial charge in [-0.2, -0.15) is 12.7 Å². The van der Waals surface area contributed by atoms with Crippen LogP contribution in [0.2, 0.25) is 0 Å². The maximum Gasteiger partial charge on any atom is 0.337 e. The molecular formula is C11H14N4O7S. The van der Waals surface area contributed by atoms with E-state index in [1.807, 2.05) is 0 Å². The molecule has 1 saturated heterocycles. The van der Waals surface area contributed by atoms with Gasteiger partial charge in [-0.25, -0.2) is 9.97 Å². The van der Waals surface area contributed by atoms with Gasteiger partial charge in [-0.05, 0) is 0 Å². The lowest BCUT2D eigenvalue weighted by atomic mass is 10.0. The number of nitrogens with zero attached hydrogens (tertiary/aromatic N) is 3. The van der Waals surface area contributed by atoms with E-state index in [0.29, 0.717) is 4.31 Å². The molecule has 4 unspecified atom stereocenters. The van der Waals surface area contributed by atoms with E-state index in [0.717, 1.165) is 7.05 Å². The number of rotatable bonds is 3. The number of fused-ring (bicyclic) bond motifs is 1. The number of nitrogens with two attached hydrogens (primary N) is 1. The second-order valence-electron chi connectivity index (χ2n) is 5.05. The summed E-state index contributed by atoms with van der Waals surface area (Å²) in [7, 11) is -3.61. The Balaban J connectivity index is 1.99. The molecule has 0 bridgehead atoms. The first-order valence-corrected chi connectivity index (χ1v) is 7.81. The van der Waals surface area contributed by atoms with Crippen LogP contribution in [-0.4, -0.2) is 62.9 Å². The number of hydrogen-bond donors (Lipinski definition) is 4. The minimum Gasteiger partial charge on any atom is -0.458 e. The molecule has 126 valence electrons. The van der Waals surface area contributed by atoms with Crippen LogP contribution in [0.1, 0.15) is 11.7 Å². The van der Waals surface area contributed by atoms with Crippen molar-refractivity contribution in [2.24, 2.45) is 0 Å². The molecule has 11 nitrogen and oxygen atoms in total. The van der Waals surface area contributed by atoms with Crippen molar-refractivity contribution >= 4 is 27.2 Å². The molecule has 23 heavy (non-hydrogen) atoms. The monoisotopic (exact) mass is 346 g/mol. The lowest BCUT2D eigenvalue weighted by Gasteiger charge is -2.22. The molecule has 0 spiro atoms. The highest BCUT2D eigenvalue weighted by Crippen LogP contribution is 2.39. The van der Waals surface area contributed by atoms with Crippen molar-refractivity contribution in [2.45, 2.75) is 24.5 Å².